The third kappa shape index (κ3) is 13.3. The lowest BCUT2D eigenvalue weighted by Gasteiger charge is -2.21. The highest BCUT2D eigenvalue weighted by atomic mass is 32.2. The quantitative estimate of drug-likeness (QED) is 0.0611. The molecule has 0 aliphatic carbocycles. The SMILES string of the molecule is CSCCC(N)C(=O)NC(CCCN=C(N)N)C(=O)NCC(=O)NC(CC(N)=O)C(=O)O. The summed E-state index contributed by atoms with van der Waals surface area (Å²) in [6.45, 7) is -0.366. The smallest absolute Gasteiger partial charge is 0.326 e. The number of guanidine groups is 1. The van der Waals surface area contributed by atoms with Crippen LogP contribution in [0.2, 0.25) is 0 Å². The van der Waals surface area contributed by atoms with Gasteiger partial charge >= 0.3 is 5.97 Å². The van der Waals surface area contributed by atoms with E-state index in [1.807, 2.05) is 6.26 Å². The van der Waals surface area contributed by atoms with Crippen molar-refractivity contribution in [1.29, 1.82) is 0 Å². The number of nitrogens with one attached hydrogen (secondary N) is 3. The molecule has 15 heteroatoms. The number of aliphatic imine (C=N–C) groups is 1. The maximum atomic E-state index is 12.5. The minimum Gasteiger partial charge on any atom is -0.480 e. The van der Waals surface area contributed by atoms with E-state index in [1.54, 1.807) is 0 Å². The fraction of sp³-hybridized carbons (Fsp3) is 0.647. The standard InChI is InChI=1S/C17H32N8O6S/c1-32-6-4-9(18)14(28)25-10(3-2-5-22-17(20)21)15(29)23-8-13(27)24-11(16(30)31)7-12(19)26/h9-11H,2-8,18H2,1H3,(H2,19,26)(H,23,29)(H,24,27)(H,25,28)(H,30,31)(H4,20,21,22). The molecule has 0 spiro atoms. The van der Waals surface area contributed by atoms with Crippen molar-refractivity contribution in [3.05, 3.63) is 0 Å². The number of carbonyl (C=O) groups is 5. The van der Waals surface area contributed by atoms with Crippen molar-refractivity contribution in [2.75, 3.05) is 25.1 Å². The van der Waals surface area contributed by atoms with E-state index in [-0.39, 0.29) is 18.9 Å². The number of nitrogens with zero attached hydrogens (tertiary/aromatic N) is 1. The van der Waals surface area contributed by atoms with E-state index >= 15 is 0 Å². The number of hydrogen-bond donors (Lipinski definition) is 8. The van der Waals surface area contributed by atoms with Crippen molar-refractivity contribution >= 4 is 47.3 Å². The zero-order valence-electron chi connectivity index (χ0n) is 17.8. The van der Waals surface area contributed by atoms with Crippen molar-refractivity contribution in [2.24, 2.45) is 27.9 Å². The predicted molar refractivity (Wildman–Crippen MR) is 119 cm³/mol. The molecule has 0 saturated carbocycles. The molecule has 0 bridgehead atoms. The van der Waals surface area contributed by atoms with E-state index in [2.05, 4.69) is 20.9 Å². The maximum absolute atomic E-state index is 12.5. The van der Waals surface area contributed by atoms with Crippen LogP contribution < -0.4 is 38.9 Å². The van der Waals surface area contributed by atoms with E-state index in [9.17, 15) is 24.0 Å². The van der Waals surface area contributed by atoms with Gasteiger partial charge in [0.05, 0.1) is 19.0 Å². The molecule has 0 rings (SSSR count). The molecule has 182 valence electrons. The van der Waals surface area contributed by atoms with Gasteiger partial charge in [0.25, 0.3) is 0 Å². The number of nitrogens with two attached hydrogens (primary N) is 4. The van der Waals surface area contributed by atoms with Crippen molar-refractivity contribution in [2.45, 2.75) is 43.8 Å². The number of aliphatic carboxylic acids is 1. The minimum atomic E-state index is -1.53. The average molecular weight is 477 g/mol. The molecule has 0 aromatic carbocycles. The molecule has 3 atom stereocenters. The number of hydrogen-bond acceptors (Lipinski definition) is 8. The second kappa shape index (κ2) is 15.7. The normalized spacial score (nSPS) is 13.2. The topological polar surface area (TPSA) is 258 Å². The van der Waals surface area contributed by atoms with Crippen LogP contribution in [-0.2, 0) is 24.0 Å². The molecule has 0 aromatic heterocycles. The van der Waals surface area contributed by atoms with E-state index in [4.69, 9.17) is 28.0 Å². The lowest BCUT2D eigenvalue weighted by atomic mass is 10.1. The Bertz CT molecular complexity index is 701. The average Bonchev–Trinajstić information content (AvgIpc) is 2.70. The number of carbonyl (C=O) groups excluding carboxylic acids is 4. The van der Waals surface area contributed by atoms with Gasteiger partial charge in [-0.2, -0.15) is 11.8 Å². The van der Waals surface area contributed by atoms with Crippen LogP contribution in [0.5, 0.6) is 0 Å². The monoisotopic (exact) mass is 476 g/mol. The molecule has 0 radical (unpaired) electrons. The van der Waals surface area contributed by atoms with E-state index in [0.717, 1.165) is 0 Å². The van der Waals surface area contributed by atoms with Crippen molar-refractivity contribution < 1.29 is 29.1 Å². The van der Waals surface area contributed by atoms with E-state index in [1.165, 1.54) is 11.8 Å². The predicted octanol–water partition coefficient (Wildman–Crippen LogP) is -3.83. The number of rotatable bonds is 16. The molecule has 3 unspecified atom stereocenters. The second-order valence-corrected chi connectivity index (χ2v) is 7.73. The number of amides is 4. The summed E-state index contributed by atoms with van der Waals surface area (Å²) in [4.78, 5) is 62.5. The molecule has 0 saturated heterocycles. The lowest BCUT2D eigenvalue weighted by Crippen LogP contribution is -2.53. The van der Waals surface area contributed by atoms with Gasteiger partial charge in [0.1, 0.15) is 12.1 Å². The molecule has 4 amide bonds. The fourth-order valence-corrected chi connectivity index (χ4v) is 2.85. The van der Waals surface area contributed by atoms with Crippen LogP contribution in [0.25, 0.3) is 0 Å². The number of carboxylic acids is 1. The first-order chi connectivity index (χ1) is 15.0. The highest BCUT2D eigenvalue weighted by Crippen LogP contribution is 2.03. The number of carboxylic acid groups (broad SMARTS) is 1. The summed E-state index contributed by atoms with van der Waals surface area (Å²) < 4.78 is 0. The summed E-state index contributed by atoms with van der Waals surface area (Å²) in [5.41, 5.74) is 21.3. The Morgan fingerprint density at radius 1 is 1.00 bits per heavy atom. The first-order valence-electron chi connectivity index (χ1n) is 9.66. The van der Waals surface area contributed by atoms with Gasteiger partial charge in [-0.25, -0.2) is 4.79 Å². The molecule has 0 aromatic rings. The van der Waals surface area contributed by atoms with Crippen LogP contribution in [-0.4, -0.2) is 83.9 Å². The van der Waals surface area contributed by atoms with Crippen molar-refractivity contribution in [3.8, 4) is 0 Å². The highest BCUT2D eigenvalue weighted by molar-refractivity contribution is 7.98. The Hall–Kier alpha value is -3.07. The Morgan fingerprint density at radius 3 is 2.19 bits per heavy atom. The molecule has 0 heterocycles. The Balaban J connectivity index is 4.96. The lowest BCUT2D eigenvalue weighted by molar-refractivity contribution is -0.143. The van der Waals surface area contributed by atoms with Crippen LogP contribution >= 0.6 is 11.8 Å². The Morgan fingerprint density at radius 2 is 1.66 bits per heavy atom. The van der Waals surface area contributed by atoms with Gasteiger partial charge in [-0.3, -0.25) is 24.2 Å². The van der Waals surface area contributed by atoms with Gasteiger partial charge in [-0.05, 0) is 31.3 Å². The first-order valence-corrected chi connectivity index (χ1v) is 11.1. The Labute approximate surface area is 189 Å². The summed E-state index contributed by atoms with van der Waals surface area (Å²) >= 11 is 1.52. The zero-order chi connectivity index (χ0) is 24.7. The molecule has 32 heavy (non-hydrogen) atoms. The van der Waals surface area contributed by atoms with Gasteiger partial charge in [0.15, 0.2) is 5.96 Å². The number of thioether (sulfide) groups is 1. The third-order valence-electron chi connectivity index (χ3n) is 4.01. The Kier molecular flexibility index (Phi) is 14.2. The molecular weight excluding hydrogens is 444 g/mol. The van der Waals surface area contributed by atoms with Crippen LogP contribution in [0.15, 0.2) is 4.99 Å². The van der Waals surface area contributed by atoms with Gasteiger partial charge in [0, 0.05) is 6.54 Å². The number of primary amides is 1. The van der Waals surface area contributed by atoms with Crippen LogP contribution in [0.1, 0.15) is 25.7 Å². The molecule has 0 aliphatic rings. The maximum Gasteiger partial charge on any atom is 0.326 e. The summed E-state index contributed by atoms with van der Waals surface area (Å²) in [5.74, 6) is -3.89. The minimum absolute atomic E-state index is 0.116. The molecule has 14 nitrogen and oxygen atoms in total. The molecule has 0 aliphatic heterocycles. The largest absolute Gasteiger partial charge is 0.480 e. The molecular formula is C17H32N8O6S. The zero-order valence-corrected chi connectivity index (χ0v) is 18.7. The van der Waals surface area contributed by atoms with Gasteiger partial charge in [-0.1, -0.05) is 0 Å². The molecule has 12 N–H and O–H groups in total. The summed E-state index contributed by atoms with van der Waals surface area (Å²) in [6.07, 6.45) is 2.18. The third-order valence-corrected chi connectivity index (χ3v) is 4.65. The summed E-state index contributed by atoms with van der Waals surface area (Å²) in [7, 11) is 0. The van der Waals surface area contributed by atoms with Gasteiger partial charge in [0.2, 0.25) is 23.6 Å². The van der Waals surface area contributed by atoms with Crippen LogP contribution in [0.3, 0.4) is 0 Å². The molecule has 0 fully saturated rings. The van der Waals surface area contributed by atoms with Crippen molar-refractivity contribution in [1.82, 2.24) is 16.0 Å². The summed E-state index contributed by atoms with van der Waals surface area (Å²) in [6, 6.07) is -3.36. The van der Waals surface area contributed by atoms with E-state index in [0.29, 0.717) is 18.6 Å². The first kappa shape index (κ1) is 28.9. The van der Waals surface area contributed by atoms with Gasteiger partial charge < -0.3 is 44.0 Å². The summed E-state index contributed by atoms with van der Waals surface area (Å²) in [5, 5.41) is 15.9. The van der Waals surface area contributed by atoms with Gasteiger partial charge in [-0.15, -0.1) is 0 Å². The fourth-order valence-electron chi connectivity index (χ4n) is 2.36. The van der Waals surface area contributed by atoms with Crippen molar-refractivity contribution in [3.63, 3.8) is 0 Å². The van der Waals surface area contributed by atoms with E-state index < -0.39 is 60.7 Å². The second-order valence-electron chi connectivity index (χ2n) is 6.74. The van der Waals surface area contributed by atoms with Crippen LogP contribution in [0.4, 0.5) is 0 Å². The highest BCUT2D eigenvalue weighted by Gasteiger charge is 2.25. The van der Waals surface area contributed by atoms with Crippen LogP contribution in [0, 0.1) is 0 Å².